The highest BCUT2D eigenvalue weighted by molar-refractivity contribution is 6.09. The van der Waals surface area contributed by atoms with Crippen LogP contribution in [0.15, 0.2) is 24.3 Å². The predicted octanol–water partition coefficient (Wildman–Crippen LogP) is 3.96. The molecule has 1 N–H and O–H groups in total. The molecule has 1 aromatic carbocycles. The Kier molecular flexibility index (Phi) is 6.72. The lowest BCUT2D eigenvalue weighted by Crippen LogP contribution is -2.53. The van der Waals surface area contributed by atoms with Crippen molar-refractivity contribution < 1.29 is 19.1 Å². The molecule has 174 valence electrons. The number of urea groups is 1. The average molecular weight is 442 g/mol. The van der Waals surface area contributed by atoms with E-state index < -0.39 is 11.6 Å². The van der Waals surface area contributed by atoms with Crippen molar-refractivity contribution in [2.24, 2.45) is 0 Å². The summed E-state index contributed by atoms with van der Waals surface area (Å²) in [5.41, 5.74) is -0.521. The highest BCUT2D eigenvalue weighted by Crippen LogP contribution is 2.33. The van der Waals surface area contributed by atoms with Crippen LogP contribution in [0.3, 0.4) is 0 Å². The molecule has 3 fully saturated rings. The lowest BCUT2D eigenvalue weighted by Gasteiger charge is -2.42. The number of carbonyl (C=O) groups excluding carboxylic acids is 3. The molecule has 32 heavy (non-hydrogen) atoms. The van der Waals surface area contributed by atoms with E-state index in [1.54, 1.807) is 38.3 Å². The van der Waals surface area contributed by atoms with Crippen LogP contribution in [0.4, 0.5) is 4.79 Å². The van der Waals surface area contributed by atoms with Crippen molar-refractivity contribution >= 4 is 17.8 Å². The van der Waals surface area contributed by atoms with Crippen LogP contribution in [-0.4, -0.2) is 53.4 Å². The van der Waals surface area contributed by atoms with Crippen molar-refractivity contribution in [2.75, 3.05) is 13.7 Å². The highest BCUT2D eigenvalue weighted by Gasteiger charge is 2.50. The number of benzene rings is 1. The summed E-state index contributed by atoms with van der Waals surface area (Å²) in [4.78, 5) is 42.9. The zero-order valence-corrected chi connectivity index (χ0v) is 19.3. The summed E-state index contributed by atoms with van der Waals surface area (Å²) in [5, 5.41) is 2.81. The van der Waals surface area contributed by atoms with Gasteiger partial charge in [0.2, 0.25) is 5.91 Å². The molecule has 1 heterocycles. The lowest BCUT2D eigenvalue weighted by molar-refractivity contribution is -0.143. The van der Waals surface area contributed by atoms with Gasteiger partial charge in [0.15, 0.2) is 0 Å². The number of nitrogens with zero attached hydrogens (tertiary/aromatic N) is 2. The first-order chi connectivity index (χ1) is 15.4. The first-order valence-corrected chi connectivity index (χ1v) is 12.0. The number of methoxy groups -OCH3 is 1. The molecule has 1 aliphatic heterocycles. The van der Waals surface area contributed by atoms with Gasteiger partial charge in [0.05, 0.1) is 7.11 Å². The van der Waals surface area contributed by atoms with Crippen LogP contribution in [0.5, 0.6) is 5.75 Å². The second-order valence-electron chi connectivity index (χ2n) is 9.56. The molecule has 4 amide bonds. The number of hydrogen-bond donors (Lipinski definition) is 1. The summed E-state index contributed by atoms with van der Waals surface area (Å²) >= 11 is 0. The van der Waals surface area contributed by atoms with Gasteiger partial charge in [0.25, 0.3) is 5.91 Å². The van der Waals surface area contributed by atoms with Gasteiger partial charge in [0, 0.05) is 12.1 Å². The van der Waals surface area contributed by atoms with Crippen molar-refractivity contribution in [3.63, 3.8) is 0 Å². The number of amides is 4. The van der Waals surface area contributed by atoms with Crippen molar-refractivity contribution in [3.8, 4) is 5.75 Å². The molecular weight excluding hydrogens is 406 g/mol. The first-order valence-electron chi connectivity index (χ1n) is 12.0. The molecule has 1 atom stereocenters. The molecule has 7 heteroatoms. The Bertz CT molecular complexity index is 825. The molecular formula is C25H35N3O4. The summed E-state index contributed by atoms with van der Waals surface area (Å²) in [7, 11) is 1.58. The summed E-state index contributed by atoms with van der Waals surface area (Å²) in [5.74, 6) is 0.205. The Balaban J connectivity index is 1.52. The van der Waals surface area contributed by atoms with Crippen molar-refractivity contribution in [1.29, 1.82) is 0 Å². The Hall–Kier alpha value is -2.57. The molecule has 0 bridgehead atoms. The molecule has 1 saturated heterocycles. The fourth-order valence-electron chi connectivity index (χ4n) is 5.60. The van der Waals surface area contributed by atoms with Gasteiger partial charge in [-0.1, -0.05) is 50.7 Å². The number of rotatable bonds is 6. The van der Waals surface area contributed by atoms with E-state index in [2.05, 4.69) is 10.2 Å². The third-order valence-corrected chi connectivity index (χ3v) is 7.46. The maximum Gasteiger partial charge on any atom is 0.325 e. The summed E-state index contributed by atoms with van der Waals surface area (Å²) in [6.07, 6.45) is 11.1. The minimum absolute atomic E-state index is 0.0914. The third kappa shape index (κ3) is 4.34. The predicted molar refractivity (Wildman–Crippen MR) is 121 cm³/mol. The number of imide groups is 1. The van der Waals surface area contributed by atoms with Gasteiger partial charge in [0.1, 0.15) is 17.8 Å². The van der Waals surface area contributed by atoms with Gasteiger partial charge in [-0.3, -0.25) is 14.5 Å². The third-order valence-electron chi connectivity index (χ3n) is 7.46. The van der Waals surface area contributed by atoms with E-state index in [0.717, 1.165) is 56.3 Å². The molecule has 0 spiro atoms. The van der Waals surface area contributed by atoms with Crippen LogP contribution in [0.1, 0.15) is 76.7 Å². The molecule has 1 aromatic rings. The minimum atomic E-state index is -1.19. The molecule has 3 aliphatic rings. The summed E-state index contributed by atoms with van der Waals surface area (Å²) in [6.45, 7) is 1.50. The second-order valence-corrected chi connectivity index (χ2v) is 9.56. The van der Waals surface area contributed by atoms with Crippen molar-refractivity contribution in [1.82, 2.24) is 15.1 Å². The van der Waals surface area contributed by atoms with Gasteiger partial charge < -0.3 is 15.0 Å². The van der Waals surface area contributed by atoms with Gasteiger partial charge in [-0.2, -0.15) is 0 Å². The zero-order chi connectivity index (χ0) is 22.7. The van der Waals surface area contributed by atoms with Gasteiger partial charge in [-0.25, -0.2) is 4.79 Å². The second kappa shape index (κ2) is 9.51. The molecule has 4 rings (SSSR count). The largest absolute Gasteiger partial charge is 0.497 e. The summed E-state index contributed by atoms with van der Waals surface area (Å²) in [6, 6.07) is 7.04. The van der Waals surface area contributed by atoms with Crippen LogP contribution >= 0.6 is 0 Å². The van der Waals surface area contributed by atoms with Crippen LogP contribution < -0.4 is 10.1 Å². The normalized spacial score (nSPS) is 25.0. The lowest BCUT2D eigenvalue weighted by atomic mass is 9.88. The van der Waals surface area contributed by atoms with Gasteiger partial charge >= 0.3 is 6.03 Å². The number of ether oxygens (including phenoxy) is 1. The Labute approximate surface area is 190 Å². The van der Waals surface area contributed by atoms with Gasteiger partial charge in [-0.15, -0.1) is 0 Å². The Morgan fingerprint density at radius 3 is 2.03 bits per heavy atom. The van der Waals surface area contributed by atoms with Crippen LogP contribution in [0.2, 0.25) is 0 Å². The monoisotopic (exact) mass is 441 g/mol. The van der Waals surface area contributed by atoms with E-state index in [9.17, 15) is 14.4 Å². The summed E-state index contributed by atoms with van der Waals surface area (Å²) < 4.78 is 5.20. The highest BCUT2D eigenvalue weighted by atomic mass is 16.5. The van der Waals surface area contributed by atoms with E-state index in [1.807, 2.05) is 0 Å². The minimum Gasteiger partial charge on any atom is -0.497 e. The molecule has 1 unspecified atom stereocenters. The topological polar surface area (TPSA) is 79.0 Å². The molecule has 2 aliphatic carbocycles. The van der Waals surface area contributed by atoms with Crippen LogP contribution in [-0.2, 0) is 15.1 Å². The Morgan fingerprint density at radius 2 is 1.53 bits per heavy atom. The SMILES string of the molecule is COc1ccc(C2(C)NC(=O)N(CC(=O)N(C3CCCCC3)C3CCCCC3)C2=O)cc1. The molecule has 0 radical (unpaired) electrons. The first kappa shape index (κ1) is 22.6. The van der Waals surface area contributed by atoms with E-state index >= 15 is 0 Å². The average Bonchev–Trinajstić information content (AvgIpc) is 3.04. The van der Waals surface area contributed by atoms with Crippen molar-refractivity contribution in [3.05, 3.63) is 29.8 Å². The van der Waals surface area contributed by atoms with E-state index in [4.69, 9.17) is 4.74 Å². The molecule has 0 aromatic heterocycles. The molecule has 2 saturated carbocycles. The van der Waals surface area contributed by atoms with E-state index in [-0.39, 0.29) is 30.4 Å². The maximum absolute atomic E-state index is 13.6. The zero-order valence-electron chi connectivity index (χ0n) is 19.3. The van der Waals surface area contributed by atoms with Crippen LogP contribution in [0.25, 0.3) is 0 Å². The number of nitrogens with one attached hydrogen (secondary N) is 1. The van der Waals surface area contributed by atoms with E-state index in [0.29, 0.717) is 11.3 Å². The smallest absolute Gasteiger partial charge is 0.325 e. The maximum atomic E-state index is 13.6. The quantitative estimate of drug-likeness (QED) is 0.678. The van der Waals surface area contributed by atoms with E-state index in [1.165, 1.54) is 12.8 Å². The van der Waals surface area contributed by atoms with Gasteiger partial charge in [-0.05, 0) is 50.3 Å². The molecule has 7 nitrogen and oxygen atoms in total. The van der Waals surface area contributed by atoms with Crippen molar-refractivity contribution in [2.45, 2.75) is 88.8 Å². The standard InChI is InChI=1S/C25H35N3O4/c1-25(18-13-15-21(32-2)16-14-18)23(30)27(24(31)26-25)17-22(29)28(19-9-5-3-6-10-19)20-11-7-4-8-12-20/h13-16,19-20H,3-12,17H2,1-2H3,(H,26,31). The number of hydrogen-bond acceptors (Lipinski definition) is 4. The fraction of sp³-hybridized carbons (Fsp3) is 0.640. The fourth-order valence-corrected chi connectivity index (χ4v) is 5.60. The van der Waals surface area contributed by atoms with Crippen LogP contribution in [0, 0.1) is 0 Å². The number of carbonyl (C=O) groups is 3. The Morgan fingerprint density at radius 1 is 1.00 bits per heavy atom.